The Labute approximate surface area is 182 Å². The van der Waals surface area contributed by atoms with Crippen molar-refractivity contribution in [2.75, 3.05) is 65.4 Å². The van der Waals surface area contributed by atoms with Gasteiger partial charge in [0.1, 0.15) is 0 Å². The second-order valence-electron chi connectivity index (χ2n) is 6.59. The molecule has 0 aliphatic heterocycles. The average Bonchev–Trinajstić information content (AvgIpc) is 2.66. The molecule has 0 aliphatic carbocycles. The quantitative estimate of drug-likeness (QED) is 0.204. The first-order chi connectivity index (χ1) is 12.6. The van der Waals surface area contributed by atoms with Gasteiger partial charge in [0.2, 0.25) is 0 Å². The lowest BCUT2D eigenvalue weighted by atomic mass is 10.2. The highest BCUT2D eigenvalue weighted by Gasteiger charge is 2.09. The number of likely N-dealkylation sites (N-methyl/N-ethyl adjacent to an activating group) is 2. The van der Waals surface area contributed by atoms with Crippen molar-refractivity contribution in [3.8, 4) is 0 Å². The van der Waals surface area contributed by atoms with Crippen LogP contribution < -0.4 is 15.5 Å². The van der Waals surface area contributed by atoms with Crippen LogP contribution in [0.15, 0.2) is 35.3 Å². The molecule has 1 atom stereocenters. The molecule has 1 rings (SSSR count). The summed E-state index contributed by atoms with van der Waals surface area (Å²) < 4.78 is 5.10. The van der Waals surface area contributed by atoms with Gasteiger partial charge in [-0.2, -0.15) is 0 Å². The van der Waals surface area contributed by atoms with E-state index >= 15 is 0 Å². The first kappa shape index (κ1) is 25.9. The number of hydrogen-bond donors (Lipinski definition) is 2. The minimum absolute atomic E-state index is 0. The number of nitrogens with zero attached hydrogens (tertiary/aromatic N) is 3. The molecular formula is C20H38IN5O. The molecule has 1 aromatic rings. The number of para-hydroxylation sites is 1. The third-order valence-corrected chi connectivity index (χ3v) is 4.36. The molecule has 0 fully saturated rings. The maximum Gasteiger partial charge on any atom is 0.191 e. The Morgan fingerprint density at radius 3 is 2.48 bits per heavy atom. The Kier molecular flexibility index (Phi) is 15.3. The van der Waals surface area contributed by atoms with Crippen LogP contribution in [0, 0.1) is 0 Å². The number of benzene rings is 1. The Hall–Kier alpha value is -1.06. The minimum atomic E-state index is 0. The maximum atomic E-state index is 5.10. The zero-order chi connectivity index (χ0) is 19.2. The van der Waals surface area contributed by atoms with Gasteiger partial charge in [0.05, 0.1) is 6.54 Å². The van der Waals surface area contributed by atoms with Crippen molar-refractivity contribution in [1.29, 1.82) is 0 Å². The summed E-state index contributed by atoms with van der Waals surface area (Å²) in [6, 6.07) is 10.8. The highest BCUT2D eigenvalue weighted by atomic mass is 127. The van der Waals surface area contributed by atoms with Gasteiger partial charge in [0.15, 0.2) is 5.96 Å². The number of halogens is 1. The Morgan fingerprint density at radius 1 is 1.15 bits per heavy atom. The van der Waals surface area contributed by atoms with Gasteiger partial charge in [0.25, 0.3) is 0 Å². The van der Waals surface area contributed by atoms with E-state index in [1.165, 1.54) is 5.69 Å². The summed E-state index contributed by atoms with van der Waals surface area (Å²) >= 11 is 0. The number of aliphatic imine (C=N–C) groups is 1. The monoisotopic (exact) mass is 491 g/mol. The number of guanidine groups is 1. The lowest BCUT2D eigenvalue weighted by molar-refractivity contribution is 0.180. The molecule has 0 radical (unpaired) electrons. The molecule has 0 spiro atoms. The third-order valence-electron chi connectivity index (χ3n) is 4.36. The van der Waals surface area contributed by atoms with Crippen molar-refractivity contribution >= 4 is 35.6 Å². The van der Waals surface area contributed by atoms with Crippen LogP contribution in [-0.4, -0.2) is 77.4 Å². The smallest absolute Gasteiger partial charge is 0.191 e. The van der Waals surface area contributed by atoms with Crippen molar-refractivity contribution in [1.82, 2.24) is 15.5 Å². The molecule has 0 amide bonds. The number of rotatable bonds is 12. The fraction of sp³-hybridized carbons (Fsp3) is 0.650. The molecule has 27 heavy (non-hydrogen) atoms. The summed E-state index contributed by atoms with van der Waals surface area (Å²) in [7, 11) is 6.00. The summed E-state index contributed by atoms with van der Waals surface area (Å²) in [5.74, 6) is 0.881. The molecule has 1 aromatic carbocycles. The largest absolute Gasteiger partial charge is 0.385 e. The van der Waals surface area contributed by atoms with E-state index in [4.69, 9.17) is 9.73 Å². The highest BCUT2D eigenvalue weighted by Crippen LogP contribution is 2.13. The van der Waals surface area contributed by atoms with Gasteiger partial charge in [-0.05, 0) is 39.4 Å². The third kappa shape index (κ3) is 11.4. The molecule has 0 aromatic heterocycles. The van der Waals surface area contributed by atoms with Crippen LogP contribution in [0.5, 0.6) is 0 Å². The number of nitrogens with one attached hydrogen (secondary N) is 2. The summed E-state index contributed by atoms with van der Waals surface area (Å²) in [4.78, 5) is 9.31. The first-order valence-corrected chi connectivity index (χ1v) is 9.56. The van der Waals surface area contributed by atoms with Crippen LogP contribution >= 0.6 is 24.0 Å². The van der Waals surface area contributed by atoms with Crippen LogP contribution in [-0.2, 0) is 4.74 Å². The van der Waals surface area contributed by atoms with Crippen molar-refractivity contribution in [2.24, 2.45) is 4.99 Å². The average molecular weight is 491 g/mol. The van der Waals surface area contributed by atoms with E-state index in [0.29, 0.717) is 6.04 Å². The molecule has 0 saturated carbocycles. The second-order valence-corrected chi connectivity index (χ2v) is 6.59. The fourth-order valence-electron chi connectivity index (χ4n) is 2.56. The second kappa shape index (κ2) is 15.9. The van der Waals surface area contributed by atoms with Gasteiger partial charge < -0.3 is 25.2 Å². The molecule has 7 heteroatoms. The fourth-order valence-corrected chi connectivity index (χ4v) is 2.56. The normalized spacial score (nSPS) is 12.4. The van der Waals surface area contributed by atoms with Gasteiger partial charge in [0, 0.05) is 58.7 Å². The van der Waals surface area contributed by atoms with Gasteiger partial charge in [-0.1, -0.05) is 18.2 Å². The van der Waals surface area contributed by atoms with Crippen molar-refractivity contribution in [2.45, 2.75) is 26.3 Å². The molecule has 0 aliphatic rings. The van der Waals surface area contributed by atoms with E-state index < -0.39 is 0 Å². The van der Waals surface area contributed by atoms with Crippen molar-refractivity contribution in [3.63, 3.8) is 0 Å². The molecular weight excluding hydrogens is 453 g/mol. The van der Waals surface area contributed by atoms with Gasteiger partial charge in [-0.15, -0.1) is 24.0 Å². The zero-order valence-electron chi connectivity index (χ0n) is 17.6. The number of hydrogen-bond acceptors (Lipinski definition) is 4. The van der Waals surface area contributed by atoms with Crippen LogP contribution in [0.2, 0.25) is 0 Å². The molecule has 2 N–H and O–H groups in total. The minimum Gasteiger partial charge on any atom is -0.385 e. The standard InChI is InChI=1S/C20H37N5O.HI/c1-6-21-20(22-13-15-24(3)14-10-16-26-5)23-17-18(2)25(4)19-11-8-7-9-12-19;/h7-9,11-12,18H,6,10,13-17H2,1-5H3,(H2,21,22,23);1H. The van der Waals surface area contributed by atoms with E-state index in [1.54, 1.807) is 7.11 Å². The highest BCUT2D eigenvalue weighted by molar-refractivity contribution is 14.0. The molecule has 0 saturated heterocycles. The van der Waals surface area contributed by atoms with E-state index in [1.807, 2.05) is 6.07 Å². The van der Waals surface area contributed by atoms with E-state index in [0.717, 1.165) is 51.7 Å². The maximum absolute atomic E-state index is 5.10. The Bertz CT molecular complexity index is 500. The summed E-state index contributed by atoms with van der Waals surface area (Å²) in [5.41, 5.74) is 1.21. The zero-order valence-corrected chi connectivity index (χ0v) is 19.9. The van der Waals surface area contributed by atoms with Crippen LogP contribution in [0.4, 0.5) is 5.69 Å². The van der Waals surface area contributed by atoms with Crippen LogP contribution in [0.3, 0.4) is 0 Å². The Balaban J connectivity index is 0.00000676. The van der Waals surface area contributed by atoms with E-state index in [-0.39, 0.29) is 24.0 Å². The molecule has 6 nitrogen and oxygen atoms in total. The SMILES string of the molecule is CCNC(=NCC(C)N(C)c1ccccc1)NCCN(C)CCCOC.I. The topological polar surface area (TPSA) is 52.1 Å². The summed E-state index contributed by atoms with van der Waals surface area (Å²) in [6.07, 6.45) is 1.06. The van der Waals surface area contributed by atoms with Gasteiger partial charge in [-0.3, -0.25) is 4.99 Å². The molecule has 1 unspecified atom stereocenters. The lowest BCUT2D eigenvalue weighted by Gasteiger charge is -2.26. The number of anilines is 1. The van der Waals surface area contributed by atoms with Crippen molar-refractivity contribution < 1.29 is 4.74 Å². The lowest BCUT2D eigenvalue weighted by Crippen LogP contribution is -2.42. The molecule has 0 bridgehead atoms. The van der Waals surface area contributed by atoms with Gasteiger partial charge in [-0.25, -0.2) is 0 Å². The summed E-state index contributed by atoms with van der Waals surface area (Å²) in [5, 5.41) is 6.75. The van der Waals surface area contributed by atoms with Crippen LogP contribution in [0.1, 0.15) is 20.3 Å². The first-order valence-electron chi connectivity index (χ1n) is 9.56. The number of ether oxygens (including phenoxy) is 1. The molecule has 0 heterocycles. The Morgan fingerprint density at radius 2 is 1.85 bits per heavy atom. The van der Waals surface area contributed by atoms with Crippen LogP contribution in [0.25, 0.3) is 0 Å². The summed E-state index contributed by atoms with van der Waals surface area (Å²) in [6.45, 7) is 9.60. The van der Waals surface area contributed by atoms with Crippen molar-refractivity contribution in [3.05, 3.63) is 30.3 Å². The van der Waals surface area contributed by atoms with E-state index in [9.17, 15) is 0 Å². The predicted molar refractivity (Wildman–Crippen MR) is 128 cm³/mol. The van der Waals surface area contributed by atoms with Gasteiger partial charge >= 0.3 is 0 Å². The molecule has 156 valence electrons. The van der Waals surface area contributed by atoms with E-state index in [2.05, 4.69) is 72.6 Å². The predicted octanol–water partition coefficient (Wildman–Crippen LogP) is 2.65. The number of methoxy groups -OCH3 is 1.